The molecule has 0 unspecified atom stereocenters. The number of fused-ring (bicyclic) bond motifs is 1. The number of nitrogens with one attached hydrogen (secondary N) is 1. The summed E-state index contributed by atoms with van der Waals surface area (Å²) in [4.78, 5) is 15.2. The lowest BCUT2D eigenvalue weighted by Gasteiger charge is -2.19. The van der Waals surface area contributed by atoms with Gasteiger partial charge in [-0.05, 0) is 60.2 Å². The van der Waals surface area contributed by atoms with Gasteiger partial charge in [0.15, 0.2) is 0 Å². The summed E-state index contributed by atoms with van der Waals surface area (Å²) >= 11 is 0. The molecule has 0 atom stereocenters. The molecule has 160 valence electrons. The highest BCUT2D eigenvalue weighted by Gasteiger charge is 2.27. The molecule has 1 N–H and O–H groups in total. The summed E-state index contributed by atoms with van der Waals surface area (Å²) in [6.45, 7) is 4.67. The number of carbonyl (C=O) groups excluding carboxylic acids is 1. The van der Waals surface area contributed by atoms with E-state index in [-0.39, 0.29) is 12.5 Å². The summed E-state index contributed by atoms with van der Waals surface area (Å²) in [6, 6.07) is 20.5. The van der Waals surface area contributed by atoms with E-state index in [9.17, 15) is 13.2 Å². The number of aryl methyl sites for hydroxylation is 2. The van der Waals surface area contributed by atoms with Crippen LogP contribution in [-0.4, -0.2) is 20.9 Å². The predicted octanol–water partition coefficient (Wildman–Crippen LogP) is 4.24. The van der Waals surface area contributed by atoms with Crippen molar-refractivity contribution in [2.45, 2.75) is 38.1 Å². The standard InChI is InChI=1S/C25H26N2O3S/c1-3-20-9-5-7-11-24(20)31(29,30)26-17-19-12-13-21-14-15-27(23(21)16-19)25(28)22-10-6-4-8-18(22)2/h4-13,16,26H,3,14-15,17H2,1-2H3. The Morgan fingerprint density at radius 3 is 2.55 bits per heavy atom. The highest BCUT2D eigenvalue weighted by Crippen LogP contribution is 2.31. The maximum atomic E-state index is 13.1. The second-order valence-electron chi connectivity index (χ2n) is 7.77. The van der Waals surface area contributed by atoms with Gasteiger partial charge in [0.2, 0.25) is 10.0 Å². The van der Waals surface area contributed by atoms with E-state index in [1.807, 2.05) is 68.4 Å². The number of hydrogen-bond donors (Lipinski definition) is 1. The number of amides is 1. The number of anilines is 1. The Morgan fingerprint density at radius 1 is 1.03 bits per heavy atom. The van der Waals surface area contributed by atoms with Crippen LogP contribution in [0, 0.1) is 6.92 Å². The van der Waals surface area contributed by atoms with Gasteiger partial charge in [-0.3, -0.25) is 4.79 Å². The second kappa shape index (κ2) is 8.65. The fourth-order valence-electron chi connectivity index (χ4n) is 4.02. The molecule has 1 heterocycles. The van der Waals surface area contributed by atoms with E-state index in [4.69, 9.17) is 0 Å². The molecule has 0 aliphatic carbocycles. The van der Waals surface area contributed by atoms with Crippen molar-refractivity contribution in [3.05, 3.63) is 94.5 Å². The monoisotopic (exact) mass is 434 g/mol. The third-order valence-electron chi connectivity index (χ3n) is 5.78. The van der Waals surface area contributed by atoms with Crippen LogP contribution < -0.4 is 9.62 Å². The zero-order valence-electron chi connectivity index (χ0n) is 17.8. The molecule has 0 radical (unpaired) electrons. The Bertz CT molecular complexity index is 1240. The number of benzene rings is 3. The largest absolute Gasteiger partial charge is 0.308 e. The van der Waals surface area contributed by atoms with E-state index in [1.54, 1.807) is 17.0 Å². The van der Waals surface area contributed by atoms with Crippen molar-refractivity contribution in [2.24, 2.45) is 0 Å². The summed E-state index contributed by atoms with van der Waals surface area (Å²) < 4.78 is 28.4. The van der Waals surface area contributed by atoms with Crippen molar-refractivity contribution in [2.75, 3.05) is 11.4 Å². The Balaban J connectivity index is 1.56. The molecule has 0 saturated heterocycles. The van der Waals surface area contributed by atoms with Gasteiger partial charge in [-0.1, -0.05) is 55.5 Å². The fraction of sp³-hybridized carbons (Fsp3) is 0.240. The Morgan fingerprint density at radius 2 is 1.77 bits per heavy atom. The topological polar surface area (TPSA) is 66.5 Å². The highest BCUT2D eigenvalue weighted by atomic mass is 32.2. The minimum Gasteiger partial charge on any atom is -0.308 e. The quantitative estimate of drug-likeness (QED) is 0.631. The molecule has 0 fully saturated rings. The molecule has 3 aromatic rings. The first kappa shape index (κ1) is 21.3. The zero-order chi connectivity index (χ0) is 22.0. The van der Waals surface area contributed by atoms with Crippen molar-refractivity contribution in [3.8, 4) is 0 Å². The summed E-state index contributed by atoms with van der Waals surface area (Å²) in [5, 5.41) is 0. The van der Waals surface area contributed by atoms with Crippen molar-refractivity contribution in [3.63, 3.8) is 0 Å². The SMILES string of the molecule is CCc1ccccc1S(=O)(=O)NCc1ccc2c(c1)N(C(=O)c1ccccc1C)CC2. The van der Waals surface area contributed by atoms with Gasteiger partial charge in [-0.2, -0.15) is 0 Å². The Kier molecular flexibility index (Phi) is 5.94. The molecule has 6 heteroatoms. The number of rotatable bonds is 6. The summed E-state index contributed by atoms with van der Waals surface area (Å²) in [5.74, 6) is -0.0218. The van der Waals surface area contributed by atoms with E-state index in [1.165, 1.54) is 0 Å². The molecule has 5 nitrogen and oxygen atoms in total. The normalized spacial score (nSPS) is 13.3. The summed E-state index contributed by atoms with van der Waals surface area (Å²) in [6.07, 6.45) is 1.44. The highest BCUT2D eigenvalue weighted by molar-refractivity contribution is 7.89. The number of carbonyl (C=O) groups is 1. The van der Waals surface area contributed by atoms with Crippen molar-refractivity contribution in [1.82, 2.24) is 4.72 Å². The van der Waals surface area contributed by atoms with Crippen molar-refractivity contribution in [1.29, 1.82) is 0 Å². The fourth-order valence-corrected chi connectivity index (χ4v) is 5.35. The lowest BCUT2D eigenvalue weighted by Crippen LogP contribution is -2.29. The molecule has 1 amide bonds. The molecule has 0 saturated carbocycles. The van der Waals surface area contributed by atoms with Crippen molar-refractivity contribution < 1.29 is 13.2 Å². The average Bonchev–Trinajstić information content (AvgIpc) is 3.21. The average molecular weight is 435 g/mol. The van der Waals surface area contributed by atoms with Gasteiger partial charge < -0.3 is 4.90 Å². The van der Waals surface area contributed by atoms with Gasteiger partial charge in [-0.25, -0.2) is 13.1 Å². The third kappa shape index (κ3) is 4.27. The van der Waals surface area contributed by atoms with Crippen LogP contribution in [0.2, 0.25) is 0 Å². The van der Waals surface area contributed by atoms with Gasteiger partial charge >= 0.3 is 0 Å². The molecule has 4 rings (SSSR count). The summed E-state index contributed by atoms with van der Waals surface area (Å²) in [7, 11) is -3.62. The van der Waals surface area contributed by atoms with Crippen LogP contribution in [0.4, 0.5) is 5.69 Å². The molecule has 1 aliphatic rings. The third-order valence-corrected chi connectivity index (χ3v) is 7.28. The van der Waals surface area contributed by atoms with Gasteiger partial charge in [-0.15, -0.1) is 0 Å². The molecule has 3 aromatic carbocycles. The minimum absolute atomic E-state index is 0.0218. The molecule has 0 aromatic heterocycles. The van der Waals surface area contributed by atoms with E-state index >= 15 is 0 Å². The van der Waals surface area contributed by atoms with Crippen LogP contribution in [0.5, 0.6) is 0 Å². The number of hydrogen-bond acceptors (Lipinski definition) is 3. The van der Waals surface area contributed by atoms with Crippen LogP contribution in [0.3, 0.4) is 0 Å². The maximum Gasteiger partial charge on any atom is 0.258 e. The number of nitrogens with zero attached hydrogens (tertiary/aromatic N) is 1. The molecular weight excluding hydrogens is 408 g/mol. The molecule has 0 bridgehead atoms. The Hall–Kier alpha value is -2.96. The molecular formula is C25H26N2O3S. The number of sulfonamides is 1. The minimum atomic E-state index is -3.62. The van der Waals surface area contributed by atoms with Crippen LogP contribution in [0.1, 0.15) is 39.5 Å². The lowest BCUT2D eigenvalue weighted by atomic mass is 10.1. The summed E-state index contributed by atoms with van der Waals surface area (Å²) in [5.41, 5.74) is 5.21. The first-order valence-electron chi connectivity index (χ1n) is 10.5. The Labute approximate surface area is 183 Å². The van der Waals surface area contributed by atoms with Crippen LogP contribution in [0.15, 0.2) is 71.6 Å². The van der Waals surface area contributed by atoms with E-state index in [0.29, 0.717) is 23.4 Å². The van der Waals surface area contributed by atoms with Gasteiger partial charge in [0.05, 0.1) is 4.90 Å². The van der Waals surface area contributed by atoms with Crippen LogP contribution in [0.25, 0.3) is 0 Å². The second-order valence-corrected chi connectivity index (χ2v) is 9.51. The van der Waals surface area contributed by atoms with Gasteiger partial charge in [0.25, 0.3) is 5.91 Å². The van der Waals surface area contributed by atoms with E-state index in [0.717, 1.165) is 34.4 Å². The lowest BCUT2D eigenvalue weighted by molar-refractivity contribution is 0.0989. The molecule has 31 heavy (non-hydrogen) atoms. The van der Waals surface area contributed by atoms with E-state index < -0.39 is 10.0 Å². The van der Waals surface area contributed by atoms with Gasteiger partial charge in [0.1, 0.15) is 0 Å². The predicted molar refractivity (Wildman–Crippen MR) is 123 cm³/mol. The van der Waals surface area contributed by atoms with Crippen molar-refractivity contribution >= 4 is 21.6 Å². The first-order valence-corrected chi connectivity index (χ1v) is 12.0. The molecule has 1 aliphatic heterocycles. The maximum absolute atomic E-state index is 13.1. The van der Waals surface area contributed by atoms with Gasteiger partial charge in [0, 0.05) is 24.3 Å². The molecule has 0 spiro atoms. The van der Waals surface area contributed by atoms with E-state index in [2.05, 4.69) is 4.72 Å². The van der Waals surface area contributed by atoms with Crippen LogP contribution >= 0.6 is 0 Å². The van der Waals surface area contributed by atoms with Crippen LogP contribution in [-0.2, 0) is 29.4 Å². The smallest absolute Gasteiger partial charge is 0.258 e. The first-order chi connectivity index (χ1) is 14.9. The zero-order valence-corrected chi connectivity index (χ0v) is 18.6.